The Bertz CT molecular complexity index is 854. The molecule has 1 unspecified atom stereocenters. The lowest BCUT2D eigenvalue weighted by molar-refractivity contribution is -0.384. The number of nitro groups is 1. The standard InChI is InChI=1S/C14H15N5O2S/c1-8(11-7-18(3)17-9(11)2)15-14-16-12-5-4-10(19(20)21)6-13(12)22-14/h4-8H,1-3H3,(H,15,16). The molecule has 0 saturated carbocycles. The zero-order valence-corrected chi connectivity index (χ0v) is 13.2. The fraction of sp³-hybridized carbons (Fsp3) is 0.286. The van der Waals surface area contributed by atoms with Crippen LogP contribution in [0.5, 0.6) is 0 Å². The number of hydrogen-bond acceptors (Lipinski definition) is 6. The Labute approximate surface area is 130 Å². The molecule has 8 heteroatoms. The third kappa shape index (κ3) is 2.64. The molecule has 1 N–H and O–H groups in total. The monoisotopic (exact) mass is 317 g/mol. The lowest BCUT2D eigenvalue weighted by Crippen LogP contribution is -2.06. The zero-order valence-electron chi connectivity index (χ0n) is 12.4. The summed E-state index contributed by atoms with van der Waals surface area (Å²) in [6.07, 6.45) is 1.98. The summed E-state index contributed by atoms with van der Waals surface area (Å²) in [6.45, 7) is 4.01. The molecule has 0 saturated heterocycles. The molecule has 0 aliphatic carbocycles. The second-order valence-electron chi connectivity index (χ2n) is 5.14. The summed E-state index contributed by atoms with van der Waals surface area (Å²) in [5.74, 6) is 0. The Balaban J connectivity index is 1.87. The number of nitro benzene ring substituents is 1. The van der Waals surface area contributed by atoms with Gasteiger partial charge in [0.2, 0.25) is 0 Å². The van der Waals surface area contributed by atoms with Gasteiger partial charge in [0.25, 0.3) is 5.69 Å². The van der Waals surface area contributed by atoms with Gasteiger partial charge in [-0.25, -0.2) is 4.98 Å². The van der Waals surface area contributed by atoms with Gasteiger partial charge in [-0.1, -0.05) is 11.3 Å². The minimum atomic E-state index is -0.395. The number of rotatable bonds is 4. The van der Waals surface area contributed by atoms with Crippen LogP contribution in [0.4, 0.5) is 10.8 Å². The molecule has 2 aromatic heterocycles. The molecular weight excluding hydrogens is 302 g/mol. The van der Waals surface area contributed by atoms with Crippen molar-refractivity contribution in [2.24, 2.45) is 7.05 Å². The number of fused-ring (bicyclic) bond motifs is 1. The summed E-state index contributed by atoms with van der Waals surface area (Å²) >= 11 is 1.41. The third-order valence-corrected chi connectivity index (χ3v) is 4.39. The van der Waals surface area contributed by atoms with Gasteiger partial charge in [0.1, 0.15) is 0 Å². The number of aromatic nitrogens is 3. The summed E-state index contributed by atoms with van der Waals surface area (Å²) in [7, 11) is 1.89. The van der Waals surface area contributed by atoms with Crippen molar-refractivity contribution in [3.05, 3.63) is 45.8 Å². The minimum absolute atomic E-state index is 0.0595. The number of aryl methyl sites for hydroxylation is 2. The van der Waals surface area contributed by atoms with Crippen LogP contribution in [-0.4, -0.2) is 19.7 Å². The molecule has 114 valence electrons. The predicted molar refractivity (Wildman–Crippen MR) is 86.3 cm³/mol. The summed E-state index contributed by atoms with van der Waals surface area (Å²) < 4.78 is 2.58. The number of anilines is 1. The van der Waals surface area contributed by atoms with E-state index in [1.54, 1.807) is 16.8 Å². The molecule has 0 fully saturated rings. The highest BCUT2D eigenvalue weighted by molar-refractivity contribution is 7.22. The SMILES string of the molecule is Cc1nn(C)cc1C(C)Nc1nc2ccc([N+](=O)[O-])cc2s1. The molecule has 0 radical (unpaired) electrons. The van der Waals surface area contributed by atoms with E-state index < -0.39 is 4.92 Å². The Kier molecular flexibility index (Phi) is 3.53. The van der Waals surface area contributed by atoms with Crippen LogP contribution in [0.2, 0.25) is 0 Å². The molecule has 3 rings (SSSR count). The lowest BCUT2D eigenvalue weighted by Gasteiger charge is -2.11. The van der Waals surface area contributed by atoms with Crippen molar-refractivity contribution in [1.82, 2.24) is 14.8 Å². The molecule has 0 bridgehead atoms. The lowest BCUT2D eigenvalue weighted by atomic mass is 10.1. The Morgan fingerprint density at radius 1 is 1.45 bits per heavy atom. The van der Waals surface area contributed by atoms with E-state index in [1.165, 1.54) is 17.4 Å². The molecule has 1 aromatic carbocycles. The van der Waals surface area contributed by atoms with Crippen LogP contribution >= 0.6 is 11.3 Å². The van der Waals surface area contributed by atoms with Gasteiger partial charge in [-0.3, -0.25) is 14.8 Å². The highest BCUT2D eigenvalue weighted by Crippen LogP contribution is 2.31. The van der Waals surface area contributed by atoms with E-state index in [0.717, 1.165) is 26.6 Å². The molecular formula is C14H15N5O2S. The van der Waals surface area contributed by atoms with Crippen LogP contribution in [0.3, 0.4) is 0 Å². The van der Waals surface area contributed by atoms with Crippen LogP contribution < -0.4 is 5.32 Å². The largest absolute Gasteiger partial charge is 0.355 e. The summed E-state index contributed by atoms with van der Waals surface area (Å²) in [4.78, 5) is 14.9. The van der Waals surface area contributed by atoms with Crippen molar-refractivity contribution >= 4 is 32.4 Å². The van der Waals surface area contributed by atoms with Crippen LogP contribution in [0, 0.1) is 17.0 Å². The molecule has 0 aliphatic heterocycles. The maximum absolute atomic E-state index is 10.8. The van der Waals surface area contributed by atoms with Crippen molar-refractivity contribution in [3.63, 3.8) is 0 Å². The molecule has 1 atom stereocenters. The van der Waals surface area contributed by atoms with Crippen molar-refractivity contribution in [1.29, 1.82) is 0 Å². The van der Waals surface area contributed by atoms with E-state index in [4.69, 9.17) is 0 Å². The average Bonchev–Trinajstić information content (AvgIpc) is 2.99. The maximum Gasteiger partial charge on any atom is 0.270 e. The number of nitrogens with zero attached hydrogens (tertiary/aromatic N) is 4. The van der Waals surface area contributed by atoms with Crippen molar-refractivity contribution in [3.8, 4) is 0 Å². The predicted octanol–water partition coefficient (Wildman–Crippen LogP) is 3.42. The van der Waals surface area contributed by atoms with Gasteiger partial charge in [0.15, 0.2) is 5.13 Å². The molecule has 2 heterocycles. The maximum atomic E-state index is 10.8. The van der Waals surface area contributed by atoms with Gasteiger partial charge in [0, 0.05) is 30.9 Å². The molecule has 7 nitrogen and oxygen atoms in total. The summed E-state index contributed by atoms with van der Waals surface area (Å²) in [6, 6.07) is 4.76. The van der Waals surface area contributed by atoms with Crippen LogP contribution in [0.15, 0.2) is 24.4 Å². The van der Waals surface area contributed by atoms with Gasteiger partial charge < -0.3 is 5.32 Å². The number of non-ortho nitro benzene ring substituents is 1. The first-order valence-electron chi connectivity index (χ1n) is 6.75. The van der Waals surface area contributed by atoms with Crippen LogP contribution in [0.1, 0.15) is 24.2 Å². The van der Waals surface area contributed by atoms with E-state index in [9.17, 15) is 10.1 Å². The van der Waals surface area contributed by atoms with E-state index in [0.29, 0.717) is 0 Å². The Morgan fingerprint density at radius 2 is 2.23 bits per heavy atom. The van der Waals surface area contributed by atoms with Gasteiger partial charge in [-0.15, -0.1) is 0 Å². The summed E-state index contributed by atoms with van der Waals surface area (Å²) in [5, 5.41) is 19.2. The topological polar surface area (TPSA) is 85.9 Å². The van der Waals surface area contributed by atoms with Crippen LogP contribution in [-0.2, 0) is 7.05 Å². The van der Waals surface area contributed by atoms with Crippen molar-refractivity contribution in [2.45, 2.75) is 19.9 Å². The number of hydrogen-bond donors (Lipinski definition) is 1. The highest BCUT2D eigenvalue weighted by Gasteiger charge is 2.15. The molecule has 0 aliphatic rings. The smallest absolute Gasteiger partial charge is 0.270 e. The van der Waals surface area contributed by atoms with Gasteiger partial charge in [-0.2, -0.15) is 5.10 Å². The average molecular weight is 317 g/mol. The van der Waals surface area contributed by atoms with E-state index >= 15 is 0 Å². The second kappa shape index (κ2) is 5.38. The minimum Gasteiger partial charge on any atom is -0.355 e. The van der Waals surface area contributed by atoms with Crippen LogP contribution in [0.25, 0.3) is 10.2 Å². The quantitative estimate of drug-likeness (QED) is 0.588. The van der Waals surface area contributed by atoms with Gasteiger partial charge in [-0.05, 0) is 19.9 Å². The van der Waals surface area contributed by atoms with Crippen molar-refractivity contribution < 1.29 is 4.92 Å². The van der Waals surface area contributed by atoms with E-state index in [1.807, 2.05) is 27.1 Å². The fourth-order valence-corrected chi connectivity index (χ4v) is 3.38. The first kappa shape index (κ1) is 14.5. The Hall–Kier alpha value is -2.48. The van der Waals surface area contributed by atoms with Crippen molar-refractivity contribution in [2.75, 3.05) is 5.32 Å². The Morgan fingerprint density at radius 3 is 2.86 bits per heavy atom. The number of benzene rings is 1. The third-order valence-electron chi connectivity index (χ3n) is 3.44. The normalized spacial score (nSPS) is 12.5. The van der Waals surface area contributed by atoms with Gasteiger partial charge >= 0.3 is 0 Å². The molecule has 0 spiro atoms. The number of thiazole rings is 1. The first-order chi connectivity index (χ1) is 10.4. The first-order valence-corrected chi connectivity index (χ1v) is 7.57. The highest BCUT2D eigenvalue weighted by atomic mass is 32.1. The summed E-state index contributed by atoms with van der Waals surface area (Å²) in [5.41, 5.74) is 2.92. The second-order valence-corrected chi connectivity index (χ2v) is 6.17. The molecule has 0 amide bonds. The molecule has 3 aromatic rings. The van der Waals surface area contributed by atoms with E-state index in [-0.39, 0.29) is 11.7 Å². The number of nitrogens with one attached hydrogen (secondary N) is 1. The zero-order chi connectivity index (χ0) is 15.9. The fourth-order valence-electron chi connectivity index (χ4n) is 2.39. The van der Waals surface area contributed by atoms with Gasteiger partial charge in [0.05, 0.1) is 26.9 Å². The van der Waals surface area contributed by atoms with E-state index in [2.05, 4.69) is 15.4 Å². The molecule has 22 heavy (non-hydrogen) atoms.